The molecule has 0 bridgehead atoms. The lowest BCUT2D eigenvalue weighted by molar-refractivity contribution is -0.0948. The lowest BCUT2D eigenvalue weighted by atomic mass is 9.96. The Labute approximate surface area is 155 Å². The number of nitrogens with two attached hydrogens (primary N) is 1. The number of aryl methyl sites for hydroxylation is 1. The van der Waals surface area contributed by atoms with Crippen LogP contribution in [-0.4, -0.2) is 54.3 Å². The van der Waals surface area contributed by atoms with Crippen molar-refractivity contribution in [3.63, 3.8) is 0 Å². The number of nitrogen functional groups attached to an aromatic ring is 1. The first-order valence-electron chi connectivity index (χ1n) is 8.69. The lowest BCUT2D eigenvalue weighted by Gasteiger charge is -2.27. The van der Waals surface area contributed by atoms with Crippen molar-refractivity contribution < 1.29 is 20.1 Å². The number of benzene rings is 1. The van der Waals surface area contributed by atoms with E-state index < -0.39 is 30.6 Å². The number of fused-ring (bicyclic) bond motifs is 1. The molecular weight excluding hydrogens is 348 g/mol. The summed E-state index contributed by atoms with van der Waals surface area (Å²) >= 11 is 0. The van der Waals surface area contributed by atoms with Crippen molar-refractivity contribution in [3.8, 4) is 11.1 Å². The maximum Gasteiger partial charge on any atom is 0.167 e. The van der Waals surface area contributed by atoms with E-state index in [0.717, 1.165) is 16.7 Å². The first-order chi connectivity index (χ1) is 12.8. The molecule has 1 aromatic carbocycles. The molecule has 1 fully saturated rings. The van der Waals surface area contributed by atoms with Crippen molar-refractivity contribution >= 4 is 16.9 Å². The van der Waals surface area contributed by atoms with Crippen molar-refractivity contribution in [2.75, 3.05) is 12.3 Å². The minimum absolute atomic E-state index is 0.311. The Morgan fingerprint density at radius 3 is 2.59 bits per heavy atom. The maximum atomic E-state index is 10.8. The summed E-state index contributed by atoms with van der Waals surface area (Å²) in [5.74, 6) is 0.311. The Balaban J connectivity index is 1.93. The molecule has 0 saturated carbocycles. The SMILES string of the molecule is Cc1ccc(-c2cn(C3OC(CO)C(O)[C@@]3(C)O)c3ncnc(N)c23)cc1. The van der Waals surface area contributed by atoms with Gasteiger partial charge in [-0.3, -0.25) is 0 Å². The van der Waals surface area contributed by atoms with Gasteiger partial charge in [0.25, 0.3) is 0 Å². The van der Waals surface area contributed by atoms with Gasteiger partial charge in [0.15, 0.2) is 6.23 Å². The van der Waals surface area contributed by atoms with E-state index in [1.807, 2.05) is 31.2 Å². The fourth-order valence-electron chi connectivity index (χ4n) is 3.63. The summed E-state index contributed by atoms with van der Waals surface area (Å²) in [5.41, 5.74) is 7.83. The molecule has 3 aromatic rings. The molecule has 3 unspecified atom stereocenters. The van der Waals surface area contributed by atoms with Gasteiger partial charge in [-0.2, -0.15) is 0 Å². The molecule has 5 N–H and O–H groups in total. The smallest absolute Gasteiger partial charge is 0.167 e. The largest absolute Gasteiger partial charge is 0.394 e. The maximum absolute atomic E-state index is 10.8. The van der Waals surface area contributed by atoms with Crippen LogP contribution in [0.1, 0.15) is 18.7 Å². The molecule has 0 radical (unpaired) electrons. The minimum Gasteiger partial charge on any atom is -0.394 e. The van der Waals surface area contributed by atoms with E-state index in [2.05, 4.69) is 9.97 Å². The van der Waals surface area contributed by atoms with Gasteiger partial charge in [0.1, 0.15) is 35.6 Å². The summed E-state index contributed by atoms with van der Waals surface area (Å²) in [6.07, 6.45) is 0.0416. The van der Waals surface area contributed by atoms with E-state index in [1.54, 1.807) is 10.8 Å². The van der Waals surface area contributed by atoms with E-state index in [-0.39, 0.29) is 0 Å². The molecule has 4 atom stereocenters. The predicted molar refractivity (Wildman–Crippen MR) is 99.7 cm³/mol. The van der Waals surface area contributed by atoms with Gasteiger partial charge < -0.3 is 30.4 Å². The quantitative estimate of drug-likeness (QED) is 0.541. The van der Waals surface area contributed by atoms with Gasteiger partial charge in [0, 0.05) is 11.8 Å². The topological polar surface area (TPSA) is 127 Å². The average molecular weight is 370 g/mol. The van der Waals surface area contributed by atoms with Gasteiger partial charge in [-0.15, -0.1) is 0 Å². The molecule has 8 heteroatoms. The first-order valence-corrected chi connectivity index (χ1v) is 8.69. The van der Waals surface area contributed by atoms with E-state index in [1.165, 1.54) is 13.3 Å². The molecule has 8 nitrogen and oxygen atoms in total. The normalized spacial score (nSPS) is 28.1. The number of nitrogens with zero attached hydrogens (tertiary/aromatic N) is 3. The fraction of sp³-hybridized carbons (Fsp3) is 0.368. The number of aliphatic hydroxyl groups is 3. The second-order valence-corrected chi connectivity index (χ2v) is 7.15. The molecule has 0 aliphatic carbocycles. The zero-order chi connectivity index (χ0) is 19.3. The van der Waals surface area contributed by atoms with Gasteiger partial charge in [0.2, 0.25) is 0 Å². The van der Waals surface area contributed by atoms with Gasteiger partial charge in [-0.1, -0.05) is 29.8 Å². The van der Waals surface area contributed by atoms with E-state index in [0.29, 0.717) is 16.9 Å². The molecule has 0 spiro atoms. The fourth-order valence-corrected chi connectivity index (χ4v) is 3.63. The monoisotopic (exact) mass is 370 g/mol. The highest BCUT2D eigenvalue weighted by atomic mass is 16.6. The molecule has 3 heterocycles. The van der Waals surface area contributed by atoms with Gasteiger partial charge in [-0.05, 0) is 19.4 Å². The van der Waals surface area contributed by atoms with Crippen LogP contribution in [-0.2, 0) is 4.74 Å². The second kappa shape index (κ2) is 6.28. The summed E-state index contributed by atoms with van der Waals surface area (Å²) in [4.78, 5) is 8.42. The third-order valence-corrected chi connectivity index (χ3v) is 5.19. The van der Waals surface area contributed by atoms with Crippen LogP contribution in [0.15, 0.2) is 36.8 Å². The predicted octanol–water partition coefficient (Wildman–Crippen LogP) is 0.991. The van der Waals surface area contributed by atoms with Crippen LogP contribution >= 0.6 is 0 Å². The third kappa shape index (κ3) is 2.69. The molecular formula is C19H22N4O4. The second-order valence-electron chi connectivity index (χ2n) is 7.15. The molecule has 1 aliphatic rings. The van der Waals surface area contributed by atoms with Gasteiger partial charge >= 0.3 is 0 Å². The van der Waals surface area contributed by atoms with Crippen LogP contribution in [0.2, 0.25) is 0 Å². The third-order valence-electron chi connectivity index (χ3n) is 5.19. The zero-order valence-corrected chi connectivity index (χ0v) is 15.1. The standard InChI is InChI=1S/C19H22N4O4/c1-10-3-5-11(6-4-10)12-7-23(17-14(12)16(20)21-9-22-17)18-19(2,26)15(25)13(8-24)27-18/h3-7,9,13,15,18,24-26H,8H2,1-2H3,(H2,20,21,22)/t13?,15?,18?,19-/m1/s1. The first kappa shape index (κ1) is 17.9. The number of hydrogen-bond acceptors (Lipinski definition) is 7. The summed E-state index contributed by atoms with van der Waals surface area (Å²) < 4.78 is 7.39. The molecule has 27 heavy (non-hydrogen) atoms. The van der Waals surface area contributed by atoms with Gasteiger partial charge in [-0.25, -0.2) is 9.97 Å². The Bertz CT molecular complexity index is 983. The highest BCUT2D eigenvalue weighted by Gasteiger charge is 2.53. The molecule has 1 saturated heterocycles. The number of hydrogen-bond donors (Lipinski definition) is 4. The zero-order valence-electron chi connectivity index (χ0n) is 15.1. The number of rotatable bonds is 3. The molecule has 142 valence electrons. The van der Waals surface area contributed by atoms with Crippen molar-refractivity contribution in [2.45, 2.75) is 37.9 Å². The Morgan fingerprint density at radius 2 is 1.96 bits per heavy atom. The molecule has 2 aromatic heterocycles. The number of ether oxygens (including phenoxy) is 1. The lowest BCUT2D eigenvalue weighted by Crippen LogP contribution is -2.44. The van der Waals surface area contributed by atoms with E-state index in [4.69, 9.17) is 10.5 Å². The van der Waals surface area contributed by atoms with Crippen LogP contribution in [0.25, 0.3) is 22.2 Å². The van der Waals surface area contributed by atoms with Gasteiger partial charge in [0.05, 0.1) is 12.0 Å². The van der Waals surface area contributed by atoms with Crippen LogP contribution in [0.4, 0.5) is 5.82 Å². The molecule has 1 aliphatic heterocycles. The summed E-state index contributed by atoms with van der Waals surface area (Å²) in [7, 11) is 0. The van der Waals surface area contributed by atoms with Crippen molar-refractivity contribution in [1.82, 2.24) is 14.5 Å². The highest BCUT2D eigenvalue weighted by molar-refractivity contribution is 6.00. The Morgan fingerprint density at radius 1 is 1.26 bits per heavy atom. The minimum atomic E-state index is -1.62. The summed E-state index contributed by atoms with van der Waals surface area (Å²) in [6, 6.07) is 7.93. The van der Waals surface area contributed by atoms with Crippen molar-refractivity contribution in [3.05, 3.63) is 42.4 Å². The molecule has 0 amide bonds. The summed E-state index contributed by atoms with van der Waals surface area (Å²) in [5, 5.41) is 31.3. The Kier molecular flexibility index (Phi) is 4.15. The van der Waals surface area contributed by atoms with Crippen LogP contribution in [0, 0.1) is 6.92 Å². The average Bonchev–Trinajstić information content (AvgIpc) is 3.13. The van der Waals surface area contributed by atoms with Crippen LogP contribution in [0.3, 0.4) is 0 Å². The highest BCUT2D eigenvalue weighted by Crippen LogP contribution is 2.42. The van der Waals surface area contributed by atoms with Crippen LogP contribution < -0.4 is 5.73 Å². The van der Waals surface area contributed by atoms with Crippen LogP contribution in [0.5, 0.6) is 0 Å². The van der Waals surface area contributed by atoms with Crippen molar-refractivity contribution in [1.29, 1.82) is 0 Å². The number of aromatic nitrogens is 3. The Hall–Kier alpha value is -2.52. The van der Waals surface area contributed by atoms with E-state index in [9.17, 15) is 15.3 Å². The van der Waals surface area contributed by atoms with E-state index >= 15 is 0 Å². The van der Waals surface area contributed by atoms with Crippen molar-refractivity contribution in [2.24, 2.45) is 0 Å². The number of aliphatic hydroxyl groups excluding tert-OH is 2. The molecule has 4 rings (SSSR count). The summed E-state index contributed by atoms with van der Waals surface area (Å²) in [6.45, 7) is 3.07. The number of anilines is 1.